The van der Waals surface area contributed by atoms with Gasteiger partial charge in [-0.25, -0.2) is 0 Å². The van der Waals surface area contributed by atoms with Gasteiger partial charge in [0.2, 0.25) is 0 Å². The van der Waals surface area contributed by atoms with Gasteiger partial charge in [-0.2, -0.15) is 0 Å². The van der Waals surface area contributed by atoms with E-state index in [4.69, 9.17) is 0 Å². The van der Waals surface area contributed by atoms with Gasteiger partial charge in [-0.3, -0.25) is 4.79 Å². The number of carbonyl (C=O) groups is 1. The van der Waals surface area contributed by atoms with Gasteiger partial charge < -0.3 is 10.0 Å². The first-order chi connectivity index (χ1) is 9.64. The lowest BCUT2D eigenvalue weighted by molar-refractivity contribution is -0.148. The highest BCUT2D eigenvalue weighted by Crippen LogP contribution is 2.34. The molecule has 3 heteroatoms. The smallest absolute Gasteiger partial charge is 0.310 e. The van der Waals surface area contributed by atoms with Crippen molar-refractivity contribution in [1.82, 2.24) is 4.90 Å². The molecule has 1 saturated heterocycles. The van der Waals surface area contributed by atoms with Crippen LogP contribution in [0.2, 0.25) is 0 Å². The lowest BCUT2D eigenvalue weighted by Crippen LogP contribution is -2.34. The van der Waals surface area contributed by atoms with Crippen LogP contribution in [0, 0.1) is 5.41 Å². The number of hydrogen-bond donors (Lipinski definition) is 1. The topological polar surface area (TPSA) is 40.5 Å². The Bertz CT molecular complexity index is 280. The fourth-order valence-electron chi connectivity index (χ4n) is 3.23. The molecule has 0 bridgehead atoms. The molecule has 0 saturated carbocycles. The van der Waals surface area contributed by atoms with Crippen LogP contribution in [-0.2, 0) is 4.79 Å². The molecule has 0 aliphatic carbocycles. The van der Waals surface area contributed by atoms with Crippen LogP contribution < -0.4 is 0 Å². The molecule has 0 radical (unpaired) electrons. The van der Waals surface area contributed by atoms with E-state index in [1.54, 1.807) is 0 Å². The maximum atomic E-state index is 11.4. The van der Waals surface area contributed by atoms with E-state index in [0.717, 1.165) is 32.5 Å². The molecule has 118 valence electrons. The molecule has 1 fully saturated rings. The standard InChI is InChI=1S/C17H33NO2/c1-3-5-6-7-8-9-10-11-13-18-14-12-17(4-2,15-18)16(19)20/h3-15H2,1-2H3,(H,19,20). The highest BCUT2D eigenvalue weighted by atomic mass is 16.4. The summed E-state index contributed by atoms with van der Waals surface area (Å²) in [5.41, 5.74) is -0.458. The van der Waals surface area contributed by atoms with E-state index in [0.29, 0.717) is 0 Å². The molecule has 3 nitrogen and oxygen atoms in total. The van der Waals surface area contributed by atoms with Gasteiger partial charge >= 0.3 is 5.97 Å². The Morgan fingerprint density at radius 2 is 1.65 bits per heavy atom. The first-order valence-corrected chi connectivity index (χ1v) is 8.60. The molecule has 0 aromatic carbocycles. The highest BCUT2D eigenvalue weighted by Gasteiger charge is 2.42. The first kappa shape index (κ1) is 17.5. The van der Waals surface area contributed by atoms with Crippen molar-refractivity contribution >= 4 is 5.97 Å². The fourth-order valence-corrected chi connectivity index (χ4v) is 3.23. The van der Waals surface area contributed by atoms with Gasteiger partial charge in [-0.1, -0.05) is 58.8 Å². The Morgan fingerprint density at radius 3 is 2.15 bits per heavy atom. The third kappa shape index (κ3) is 5.43. The van der Waals surface area contributed by atoms with Crippen molar-refractivity contribution in [3.05, 3.63) is 0 Å². The minimum absolute atomic E-state index is 0.458. The van der Waals surface area contributed by atoms with Gasteiger partial charge in [0.25, 0.3) is 0 Å². The third-order valence-electron chi connectivity index (χ3n) is 4.89. The van der Waals surface area contributed by atoms with Crippen LogP contribution in [-0.4, -0.2) is 35.6 Å². The molecule has 1 unspecified atom stereocenters. The van der Waals surface area contributed by atoms with Crippen molar-refractivity contribution in [3.63, 3.8) is 0 Å². The molecule has 1 rings (SSSR count). The van der Waals surface area contributed by atoms with Crippen LogP contribution in [0.15, 0.2) is 0 Å². The van der Waals surface area contributed by atoms with E-state index in [1.165, 1.54) is 51.4 Å². The van der Waals surface area contributed by atoms with Crippen LogP contribution in [0.4, 0.5) is 0 Å². The summed E-state index contributed by atoms with van der Waals surface area (Å²) in [6, 6.07) is 0. The number of unbranched alkanes of at least 4 members (excludes halogenated alkanes) is 7. The SMILES string of the molecule is CCCCCCCCCCN1CCC(CC)(C(=O)O)C1. The second kappa shape index (κ2) is 9.38. The van der Waals surface area contributed by atoms with Crippen molar-refractivity contribution < 1.29 is 9.90 Å². The molecule has 1 N–H and O–H groups in total. The van der Waals surface area contributed by atoms with Gasteiger partial charge in [0.05, 0.1) is 5.41 Å². The van der Waals surface area contributed by atoms with Crippen LogP contribution in [0.25, 0.3) is 0 Å². The molecular weight excluding hydrogens is 250 g/mol. The monoisotopic (exact) mass is 283 g/mol. The van der Waals surface area contributed by atoms with Gasteiger partial charge in [0.1, 0.15) is 0 Å². The average Bonchev–Trinajstić information content (AvgIpc) is 2.87. The zero-order valence-corrected chi connectivity index (χ0v) is 13.5. The number of likely N-dealkylation sites (tertiary alicyclic amines) is 1. The summed E-state index contributed by atoms with van der Waals surface area (Å²) in [6.07, 6.45) is 12.3. The third-order valence-corrected chi connectivity index (χ3v) is 4.89. The van der Waals surface area contributed by atoms with Crippen molar-refractivity contribution in [3.8, 4) is 0 Å². The van der Waals surface area contributed by atoms with E-state index < -0.39 is 11.4 Å². The van der Waals surface area contributed by atoms with E-state index in [-0.39, 0.29) is 0 Å². The highest BCUT2D eigenvalue weighted by molar-refractivity contribution is 5.75. The van der Waals surface area contributed by atoms with E-state index in [2.05, 4.69) is 11.8 Å². The van der Waals surface area contributed by atoms with Crippen LogP contribution in [0.5, 0.6) is 0 Å². The van der Waals surface area contributed by atoms with Gasteiger partial charge in [-0.05, 0) is 32.4 Å². The Balaban J connectivity index is 2.05. The number of rotatable bonds is 11. The summed E-state index contributed by atoms with van der Waals surface area (Å²) in [5.74, 6) is -0.599. The van der Waals surface area contributed by atoms with E-state index in [1.807, 2.05) is 6.92 Å². The zero-order valence-electron chi connectivity index (χ0n) is 13.5. The Hall–Kier alpha value is -0.570. The maximum absolute atomic E-state index is 11.4. The molecule has 0 spiro atoms. The Kier molecular flexibility index (Phi) is 8.20. The lowest BCUT2D eigenvalue weighted by atomic mass is 9.84. The Labute approximate surface area is 124 Å². The predicted octanol–water partition coefficient (Wildman–Crippen LogP) is 4.31. The molecule has 1 heterocycles. The number of carboxylic acid groups (broad SMARTS) is 1. The normalized spacial score (nSPS) is 23.3. The molecule has 1 atom stereocenters. The van der Waals surface area contributed by atoms with Gasteiger partial charge in [0.15, 0.2) is 0 Å². The van der Waals surface area contributed by atoms with Crippen molar-refractivity contribution in [2.45, 2.75) is 78.1 Å². The summed E-state index contributed by atoms with van der Waals surface area (Å²) >= 11 is 0. The minimum atomic E-state index is -0.599. The van der Waals surface area contributed by atoms with Crippen LogP contribution >= 0.6 is 0 Å². The summed E-state index contributed by atoms with van der Waals surface area (Å²) in [4.78, 5) is 13.7. The summed E-state index contributed by atoms with van der Waals surface area (Å²) in [7, 11) is 0. The Morgan fingerprint density at radius 1 is 1.05 bits per heavy atom. The number of nitrogens with zero attached hydrogens (tertiary/aromatic N) is 1. The zero-order chi connectivity index (χ0) is 14.8. The van der Waals surface area contributed by atoms with Crippen molar-refractivity contribution in [2.24, 2.45) is 5.41 Å². The predicted molar refractivity (Wildman–Crippen MR) is 84.0 cm³/mol. The van der Waals surface area contributed by atoms with Gasteiger partial charge in [-0.15, -0.1) is 0 Å². The van der Waals surface area contributed by atoms with Gasteiger partial charge in [0, 0.05) is 6.54 Å². The van der Waals surface area contributed by atoms with Crippen molar-refractivity contribution in [2.75, 3.05) is 19.6 Å². The van der Waals surface area contributed by atoms with Crippen LogP contribution in [0.1, 0.15) is 78.1 Å². The second-order valence-corrected chi connectivity index (χ2v) is 6.44. The first-order valence-electron chi connectivity index (χ1n) is 8.60. The fraction of sp³-hybridized carbons (Fsp3) is 0.941. The molecule has 0 amide bonds. The quantitative estimate of drug-likeness (QED) is 0.574. The molecule has 0 aromatic heterocycles. The van der Waals surface area contributed by atoms with Crippen molar-refractivity contribution in [1.29, 1.82) is 0 Å². The molecular formula is C17H33NO2. The summed E-state index contributed by atoms with van der Waals surface area (Å²) in [6.45, 7) is 7.08. The second-order valence-electron chi connectivity index (χ2n) is 6.44. The number of hydrogen-bond acceptors (Lipinski definition) is 2. The molecule has 0 aromatic rings. The number of aliphatic carboxylic acids is 1. The summed E-state index contributed by atoms with van der Waals surface area (Å²) in [5, 5.41) is 9.37. The largest absolute Gasteiger partial charge is 0.481 e. The average molecular weight is 283 g/mol. The molecule has 1 aliphatic rings. The van der Waals surface area contributed by atoms with E-state index >= 15 is 0 Å². The van der Waals surface area contributed by atoms with Crippen LogP contribution in [0.3, 0.4) is 0 Å². The molecule has 1 aliphatic heterocycles. The minimum Gasteiger partial charge on any atom is -0.481 e. The molecule has 20 heavy (non-hydrogen) atoms. The number of carboxylic acids is 1. The van der Waals surface area contributed by atoms with E-state index in [9.17, 15) is 9.90 Å². The maximum Gasteiger partial charge on any atom is 0.310 e. The lowest BCUT2D eigenvalue weighted by Gasteiger charge is -2.23. The summed E-state index contributed by atoms with van der Waals surface area (Å²) < 4.78 is 0.